The van der Waals surface area contributed by atoms with Gasteiger partial charge in [0, 0.05) is 38.1 Å². The topological polar surface area (TPSA) is 23.6 Å². The molecule has 0 aromatic heterocycles. The zero-order chi connectivity index (χ0) is 13.8. The minimum Gasteiger partial charge on any atom is -0.336 e. The van der Waals surface area contributed by atoms with Crippen molar-refractivity contribution in [2.45, 2.75) is 0 Å². The third-order valence-electron chi connectivity index (χ3n) is 3.24. The number of halogens is 3. The predicted molar refractivity (Wildman–Crippen MR) is 77.5 cm³/mol. The summed E-state index contributed by atoms with van der Waals surface area (Å²) in [5.41, 5.74) is 0.246. The van der Waals surface area contributed by atoms with Gasteiger partial charge in [0.15, 0.2) is 0 Å². The highest BCUT2D eigenvalue weighted by Crippen LogP contribution is 2.21. The lowest BCUT2D eigenvalue weighted by atomic mass is 10.1. The van der Waals surface area contributed by atoms with Gasteiger partial charge in [0.25, 0.3) is 5.91 Å². The quantitative estimate of drug-likeness (QED) is 0.783. The number of rotatable bonds is 3. The van der Waals surface area contributed by atoms with E-state index in [0.717, 1.165) is 25.0 Å². The average Bonchev–Trinajstić information content (AvgIpc) is 2.42. The molecule has 1 amide bonds. The Morgan fingerprint density at radius 1 is 1.32 bits per heavy atom. The van der Waals surface area contributed by atoms with Crippen LogP contribution in [0, 0.1) is 5.82 Å². The van der Waals surface area contributed by atoms with Gasteiger partial charge in [0.2, 0.25) is 0 Å². The first-order valence-electron chi connectivity index (χ1n) is 6.15. The summed E-state index contributed by atoms with van der Waals surface area (Å²) in [5.74, 6) is -0.742. The van der Waals surface area contributed by atoms with E-state index in [0.29, 0.717) is 13.1 Å². The van der Waals surface area contributed by atoms with Gasteiger partial charge >= 0.3 is 0 Å². The number of amides is 1. The van der Waals surface area contributed by atoms with Gasteiger partial charge in [-0.1, -0.05) is 33.6 Å². The molecule has 1 aromatic rings. The Labute approximate surface area is 125 Å². The molecule has 2 rings (SSSR count). The van der Waals surface area contributed by atoms with Crippen LogP contribution in [0.3, 0.4) is 0 Å². The van der Waals surface area contributed by atoms with Crippen LogP contribution in [0.25, 0.3) is 0 Å². The first kappa shape index (κ1) is 14.8. The van der Waals surface area contributed by atoms with Gasteiger partial charge in [-0.15, -0.1) is 0 Å². The van der Waals surface area contributed by atoms with Gasteiger partial charge in [0.1, 0.15) is 5.82 Å². The second kappa shape index (κ2) is 6.68. The minimum atomic E-state index is -0.551. The van der Waals surface area contributed by atoms with Crippen molar-refractivity contribution in [2.75, 3.05) is 38.1 Å². The van der Waals surface area contributed by atoms with Gasteiger partial charge in [-0.2, -0.15) is 0 Å². The molecule has 0 atom stereocenters. The van der Waals surface area contributed by atoms with Crippen molar-refractivity contribution in [3.8, 4) is 0 Å². The van der Waals surface area contributed by atoms with E-state index in [9.17, 15) is 9.18 Å². The molecule has 19 heavy (non-hydrogen) atoms. The van der Waals surface area contributed by atoms with Crippen molar-refractivity contribution in [3.63, 3.8) is 0 Å². The number of hydrogen-bond donors (Lipinski definition) is 0. The van der Waals surface area contributed by atoms with Gasteiger partial charge in [-0.25, -0.2) is 4.39 Å². The summed E-state index contributed by atoms with van der Waals surface area (Å²) in [4.78, 5) is 16.3. The van der Waals surface area contributed by atoms with Crippen LogP contribution in [0.2, 0.25) is 5.02 Å². The fourth-order valence-corrected chi connectivity index (χ4v) is 2.84. The van der Waals surface area contributed by atoms with Crippen LogP contribution in [0.4, 0.5) is 4.39 Å². The molecule has 0 radical (unpaired) electrons. The molecule has 0 saturated carbocycles. The smallest absolute Gasteiger partial charge is 0.255 e. The monoisotopic (exact) mass is 348 g/mol. The van der Waals surface area contributed by atoms with E-state index in [-0.39, 0.29) is 16.5 Å². The first-order valence-corrected chi connectivity index (χ1v) is 7.65. The van der Waals surface area contributed by atoms with Crippen molar-refractivity contribution in [2.24, 2.45) is 0 Å². The molecule has 1 aliphatic heterocycles. The molecule has 6 heteroatoms. The average molecular weight is 350 g/mol. The molecular weight excluding hydrogens is 335 g/mol. The minimum absolute atomic E-state index is 0.0876. The van der Waals surface area contributed by atoms with Crippen LogP contribution in [0.1, 0.15) is 10.4 Å². The zero-order valence-corrected chi connectivity index (χ0v) is 12.8. The number of hydrogen-bond acceptors (Lipinski definition) is 2. The fraction of sp³-hybridized carbons (Fsp3) is 0.462. The molecule has 0 spiro atoms. The lowest BCUT2D eigenvalue weighted by molar-refractivity contribution is 0.0644. The summed E-state index contributed by atoms with van der Waals surface area (Å²) in [6.45, 7) is 3.95. The maximum atomic E-state index is 13.4. The normalized spacial score (nSPS) is 16.7. The Bertz CT molecular complexity index is 464. The molecule has 1 fully saturated rings. The summed E-state index contributed by atoms with van der Waals surface area (Å²) >= 11 is 9.25. The third-order valence-corrected chi connectivity index (χ3v) is 3.98. The van der Waals surface area contributed by atoms with E-state index in [4.69, 9.17) is 11.6 Å². The van der Waals surface area contributed by atoms with Crippen LogP contribution < -0.4 is 0 Å². The number of carbonyl (C=O) groups is 1. The fourth-order valence-electron chi connectivity index (χ4n) is 2.13. The van der Waals surface area contributed by atoms with Gasteiger partial charge in [0.05, 0.1) is 10.6 Å². The van der Waals surface area contributed by atoms with E-state index in [1.165, 1.54) is 12.1 Å². The molecule has 1 heterocycles. The van der Waals surface area contributed by atoms with Gasteiger partial charge in [-0.05, 0) is 12.1 Å². The Morgan fingerprint density at radius 2 is 2.00 bits per heavy atom. The zero-order valence-electron chi connectivity index (χ0n) is 10.4. The lowest BCUT2D eigenvalue weighted by Crippen LogP contribution is -2.49. The van der Waals surface area contributed by atoms with E-state index in [1.807, 2.05) is 0 Å². The third kappa shape index (κ3) is 3.46. The largest absolute Gasteiger partial charge is 0.336 e. The van der Waals surface area contributed by atoms with E-state index >= 15 is 0 Å². The lowest BCUT2D eigenvalue weighted by Gasteiger charge is -2.34. The number of carbonyl (C=O) groups excluding carboxylic acids is 1. The Morgan fingerprint density at radius 3 is 2.63 bits per heavy atom. The SMILES string of the molecule is O=C(c1cccc(F)c1Cl)N1CCN(CCBr)CC1. The molecule has 0 N–H and O–H groups in total. The number of piperazine rings is 1. The Kier molecular flexibility index (Phi) is 5.19. The highest BCUT2D eigenvalue weighted by Gasteiger charge is 2.24. The molecule has 3 nitrogen and oxygen atoms in total. The molecule has 0 aliphatic carbocycles. The van der Waals surface area contributed by atoms with Gasteiger partial charge in [-0.3, -0.25) is 9.69 Å². The number of nitrogens with zero attached hydrogens (tertiary/aromatic N) is 2. The molecular formula is C13H15BrClFN2O. The maximum absolute atomic E-state index is 13.4. The summed E-state index contributed by atoms with van der Waals surface area (Å²) in [6.07, 6.45) is 0. The molecule has 0 unspecified atom stereocenters. The van der Waals surface area contributed by atoms with Crippen molar-refractivity contribution in [3.05, 3.63) is 34.6 Å². The summed E-state index contributed by atoms with van der Waals surface area (Å²) in [6, 6.07) is 4.33. The summed E-state index contributed by atoms with van der Waals surface area (Å²) in [7, 11) is 0. The van der Waals surface area contributed by atoms with Crippen molar-refractivity contribution in [1.29, 1.82) is 0 Å². The van der Waals surface area contributed by atoms with Crippen LogP contribution in [0.15, 0.2) is 18.2 Å². The van der Waals surface area contributed by atoms with Crippen LogP contribution in [-0.4, -0.2) is 53.8 Å². The van der Waals surface area contributed by atoms with E-state index in [2.05, 4.69) is 20.8 Å². The highest BCUT2D eigenvalue weighted by molar-refractivity contribution is 9.09. The second-order valence-corrected chi connectivity index (χ2v) is 5.60. The summed E-state index contributed by atoms with van der Waals surface area (Å²) in [5, 5.41) is 0.840. The predicted octanol–water partition coefficient (Wildman–Crippen LogP) is 2.63. The molecule has 1 saturated heterocycles. The van der Waals surface area contributed by atoms with Crippen molar-refractivity contribution >= 4 is 33.4 Å². The highest BCUT2D eigenvalue weighted by atomic mass is 79.9. The van der Waals surface area contributed by atoms with Crippen molar-refractivity contribution in [1.82, 2.24) is 9.80 Å². The van der Waals surface area contributed by atoms with E-state index < -0.39 is 5.82 Å². The van der Waals surface area contributed by atoms with Crippen LogP contribution >= 0.6 is 27.5 Å². The van der Waals surface area contributed by atoms with Crippen LogP contribution in [-0.2, 0) is 0 Å². The first-order chi connectivity index (χ1) is 9.13. The molecule has 0 bridgehead atoms. The second-order valence-electron chi connectivity index (χ2n) is 4.42. The van der Waals surface area contributed by atoms with Gasteiger partial charge < -0.3 is 4.90 Å². The Hall–Kier alpha value is -0.650. The molecule has 104 valence electrons. The molecule has 1 aliphatic rings. The van der Waals surface area contributed by atoms with Crippen LogP contribution in [0.5, 0.6) is 0 Å². The maximum Gasteiger partial charge on any atom is 0.255 e. The summed E-state index contributed by atoms with van der Waals surface area (Å²) < 4.78 is 13.4. The number of benzene rings is 1. The standard InChI is InChI=1S/C13H15BrClFN2O/c14-4-5-17-6-8-18(9-7-17)13(19)10-2-1-3-11(16)12(10)15/h1-3H,4-9H2. The Balaban J connectivity index is 2.03. The van der Waals surface area contributed by atoms with Crippen molar-refractivity contribution < 1.29 is 9.18 Å². The van der Waals surface area contributed by atoms with E-state index in [1.54, 1.807) is 11.0 Å². The molecule has 1 aromatic carbocycles. The number of alkyl halides is 1.